The van der Waals surface area contributed by atoms with Crippen molar-refractivity contribution in [3.8, 4) is 0 Å². The molecule has 0 amide bonds. The molecule has 0 radical (unpaired) electrons. The zero-order chi connectivity index (χ0) is 13.1. The van der Waals surface area contributed by atoms with Crippen LogP contribution in [0.2, 0.25) is 0 Å². The molecule has 2 rings (SSSR count). The van der Waals surface area contributed by atoms with Gasteiger partial charge in [0.15, 0.2) is 0 Å². The molecule has 0 aliphatic heterocycles. The molecule has 2 aromatic rings. The fraction of sp³-hybridized carbons (Fsp3) is 0.385. The highest BCUT2D eigenvalue weighted by molar-refractivity contribution is 9.10. The van der Waals surface area contributed by atoms with E-state index in [1.165, 1.54) is 0 Å². The van der Waals surface area contributed by atoms with E-state index in [1.54, 1.807) is 0 Å². The summed E-state index contributed by atoms with van der Waals surface area (Å²) in [5, 5.41) is 22.2. The molecular formula is C13H16BrNO3. The topological polar surface area (TPSA) is 65.6 Å². The van der Waals surface area contributed by atoms with E-state index >= 15 is 0 Å². The summed E-state index contributed by atoms with van der Waals surface area (Å²) in [6.07, 6.45) is -0.744. The Kier molecular flexibility index (Phi) is 4.40. The van der Waals surface area contributed by atoms with Crippen LogP contribution in [0.25, 0.3) is 11.0 Å². The lowest BCUT2D eigenvalue weighted by molar-refractivity contribution is 0.0917. The predicted octanol–water partition coefficient (Wildman–Crippen LogP) is 2.20. The number of aliphatic hydroxyl groups is 2. The van der Waals surface area contributed by atoms with Gasteiger partial charge in [-0.1, -0.05) is 15.9 Å². The first-order valence-corrected chi connectivity index (χ1v) is 6.60. The van der Waals surface area contributed by atoms with Crippen LogP contribution in [0.5, 0.6) is 0 Å². The number of fused-ring (bicyclic) bond motifs is 1. The molecule has 4 nitrogen and oxygen atoms in total. The van der Waals surface area contributed by atoms with Crippen molar-refractivity contribution in [2.75, 3.05) is 13.2 Å². The van der Waals surface area contributed by atoms with Crippen molar-refractivity contribution >= 4 is 26.9 Å². The van der Waals surface area contributed by atoms with Gasteiger partial charge in [-0.25, -0.2) is 0 Å². The SMILES string of the molecule is CC(NCC(O)CO)c1cc2cc(Br)ccc2o1. The summed E-state index contributed by atoms with van der Waals surface area (Å²) in [6, 6.07) is 7.81. The monoisotopic (exact) mass is 313 g/mol. The van der Waals surface area contributed by atoms with Gasteiger partial charge in [0.25, 0.3) is 0 Å². The van der Waals surface area contributed by atoms with Gasteiger partial charge in [-0.15, -0.1) is 0 Å². The maximum Gasteiger partial charge on any atom is 0.134 e. The number of furan rings is 1. The molecule has 0 fully saturated rings. The van der Waals surface area contributed by atoms with Crippen LogP contribution in [0.3, 0.4) is 0 Å². The highest BCUT2D eigenvalue weighted by atomic mass is 79.9. The molecule has 0 saturated heterocycles. The Morgan fingerprint density at radius 2 is 2.17 bits per heavy atom. The molecule has 18 heavy (non-hydrogen) atoms. The minimum absolute atomic E-state index is 0.0163. The Balaban J connectivity index is 2.10. The van der Waals surface area contributed by atoms with Crippen molar-refractivity contribution in [1.29, 1.82) is 0 Å². The highest BCUT2D eigenvalue weighted by Crippen LogP contribution is 2.26. The zero-order valence-electron chi connectivity index (χ0n) is 10.1. The first kappa shape index (κ1) is 13.5. The summed E-state index contributed by atoms with van der Waals surface area (Å²) >= 11 is 3.42. The third kappa shape index (κ3) is 3.11. The summed E-state index contributed by atoms with van der Waals surface area (Å²) in [7, 11) is 0. The molecule has 0 saturated carbocycles. The minimum Gasteiger partial charge on any atom is -0.459 e. The summed E-state index contributed by atoms with van der Waals surface area (Å²) in [4.78, 5) is 0. The average molecular weight is 314 g/mol. The maximum absolute atomic E-state index is 9.28. The summed E-state index contributed by atoms with van der Waals surface area (Å²) < 4.78 is 6.74. The van der Waals surface area contributed by atoms with E-state index in [1.807, 2.05) is 31.2 Å². The molecule has 98 valence electrons. The lowest BCUT2D eigenvalue weighted by Gasteiger charge is -2.13. The number of aliphatic hydroxyl groups excluding tert-OH is 2. The number of nitrogens with one attached hydrogen (secondary N) is 1. The van der Waals surface area contributed by atoms with Gasteiger partial charge in [-0.05, 0) is 31.2 Å². The molecule has 1 heterocycles. The molecule has 0 spiro atoms. The van der Waals surface area contributed by atoms with Gasteiger partial charge in [0.2, 0.25) is 0 Å². The lowest BCUT2D eigenvalue weighted by Crippen LogP contribution is -2.31. The number of rotatable bonds is 5. The fourth-order valence-electron chi connectivity index (χ4n) is 1.73. The van der Waals surface area contributed by atoms with Crippen LogP contribution in [0.1, 0.15) is 18.7 Å². The zero-order valence-corrected chi connectivity index (χ0v) is 11.6. The first-order valence-electron chi connectivity index (χ1n) is 5.81. The maximum atomic E-state index is 9.28. The van der Waals surface area contributed by atoms with E-state index in [4.69, 9.17) is 9.52 Å². The average Bonchev–Trinajstić information content (AvgIpc) is 2.78. The molecule has 1 aromatic carbocycles. The second-order valence-corrected chi connectivity index (χ2v) is 5.21. The Labute approximate surface area is 114 Å². The van der Waals surface area contributed by atoms with Crippen LogP contribution in [-0.2, 0) is 0 Å². The van der Waals surface area contributed by atoms with Gasteiger partial charge >= 0.3 is 0 Å². The van der Waals surface area contributed by atoms with E-state index in [0.29, 0.717) is 6.54 Å². The molecule has 0 bridgehead atoms. The quantitative estimate of drug-likeness (QED) is 0.791. The van der Waals surface area contributed by atoms with Crippen LogP contribution in [0.15, 0.2) is 33.2 Å². The van der Waals surface area contributed by atoms with Gasteiger partial charge < -0.3 is 19.9 Å². The standard InChI is InChI=1S/C13H16BrNO3/c1-8(15-6-11(17)7-16)13-5-9-4-10(14)2-3-12(9)18-13/h2-5,8,11,15-17H,6-7H2,1H3. The Hall–Kier alpha value is -0.880. The van der Waals surface area contributed by atoms with E-state index in [9.17, 15) is 5.11 Å². The number of benzene rings is 1. The van der Waals surface area contributed by atoms with E-state index < -0.39 is 6.10 Å². The van der Waals surface area contributed by atoms with Gasteiger partial charge in [0.1, 0.15) is 11.3 Å². The van der Waals surface area contributed by atoms with Crippen LogP contribution in [0, 0.1) is 0 Å². The van der Waals surface area contributed by atoms with Crippen molar-refractivity contribution in [3.05, 3.63) is 34.5 Å². The third-order valence-corrected chi connectivity index (χ3v) is 3.29. The molecule has 2 unspecified atom stereocenters. The Morgan fingerprint density at radius 1 is 1.39 bits per heavy atom. The Morgan fingerprint density at radius 3 is 2.89 bits per heavy atom. The molecule has 2 atom stereocenters. The van der Waals surface area contributed by atoms with E-state index in [0.717, 1.165) is 21.2 Å². The van der Waals surface area contributed by atoms with Crippen LogP contribution in [0.4, 0.5) is 0 Å². The fourth-order valence-corrected chi connectivity index (χ4v) is 2.10. The van der Waals surface area contributed by atoms with Crippen molar-refractivity contribution in [2.45, 2.75) is 19.1 Å². The van der Waals surface area contributed by atoms with Gasteiger partial charge in [-0.3, -0.25) is 0 Å². The van der Waals surface area contributed by atoms with Crippen LogP contribution >= 0.6 is 15.9 Å². The summed E-state index contributed by atoms with van der Waals surface area (Å²) in [5.74, 6) is 0.813. The third-order valence-electron chi connectivity index (χ3n) is 2.79. The van der Waals surface area contributed by atoms with Crippen molar-refractivity contribution in [2.24, 2.45) is 0 Å². The van der Waals surface area contributed by atoms with E-state index in [-0.39, 0.29) is 12.6 Å². The van der Waals surface area contributed by atoms with Crippen molar-refractivity contribution in [3.63, 3.8) is 0 Å². The first-order chi connectivity index (χ1) is 8.60. The van der Waals surface area contributed by atoms with Crippen LogP contribution < -0.4 is 5.32 Å². The number of hydrogen-bond acceptors (Lipinski definition) is 4. The molecule has 3 N–H and O–H groups in total. The molecule has 1 aromatic heterocycles. The Bertz CT molecular complexity index is 526. The largest absolute Gasteiger partial charge is 0.459 e. The summed E-state index contributed by atoms with van der Waals surface area (Å²) in [6.45, 7) is 2.04. The van der Waals surface area contributed by atoms with E-state index in [2.05, 4.69) is 21.2 Å². The predicted molar refractivity (Wildman–Crippen MR) is 73.4 cm³/mol. The molecule has 0 aliphatic rings. The van der Waals surface area contributed by atoms with Gasteiger partial charge in [0, 0.05) is 16.4 Å². The van der Waals surface area contributed by atoms with Gasteiger partial charge in [-0.2, -0.15) is 0 Å². The minimum atomic E-state index is -0.744. The summed E-state index contributed by atoms with van der Waals surface area (Å²) in [5.41, 5.74) is 0.838. The number of hydrogen-bond donors (Lipinski definition) is 3. The van der Waals surface area contributed by atoms with Crippen molar-refractivity contribution < 1.29 is 14.6 Å². The van der Waals surface area contributed by atoms with Gasteiger partial charge in [0.05, 0.1) is 18.8 Å². The number of halogens is 1. The normalized spacial score (nSPS) is 14.9. The molecular weight excluding hydrogens is 298 g/mol. The smallest absolute Gasteiger partial charge is 0.134 e. The van der Waals surface area contributed by atoms with Crippen LogP contribution in [-0.4, -0.2) is 29.5 Å². The lowest BCUT2D eigenvalue weighted by atomic mass is 10.2. The molecule has 5 heteroatoms. The van der Waals surface area contributed by atoms with Crippen molar-refractivity contribution in [1.82, 2.24) is 5.32 Å². The molecule has 0 aliphatic carbocycles. The second kappa shape index (κ2) is 5.84. The second-order valence-electron chi connectivity index (χ2n) is 4.30. The highest BCUT2D eigenvalue weighted by Gasteiger charge is 2.12.